The minimum atomic E-state index is -3.33. The maximum Gasteiger partial charge on any atom is 0.279 e. The Labute approximate surface area is 117 Å². The molecule has 0 saturated heterocycles. The maximum atomic E-state index is 11.9. The van der Waals surface area contributed by atoms with Crippen molar-refractivity contribution in [1.29, 1.82) is 0 Å². The molecule has 19 heavy (non-hydrogen) atoms. The molecule has 1 aliphatic carbocycles. The first-order valence-electron chi connectivity index (χ1n) is 7.08. The lowest BCUT2D eigenvalue weighted by Crippen LogP contribution is -2.40. The van der Waals surface area contributed by atoms with Crippen LogP contribution in [0.2, 0.25) is 0 Å². The SMILES string of the molecule is CCOCCCNS(=O)(=O)N(C)CCCNC1CC1. The average Bonchev–Trinajstić information content (AvgIpc) is 3.18. The van der Waals surface area contributed by atoms with Crippen molar-refractivity contribution in [3.05, 3.63) is 0 Å². The third-order valence-electron chi connectivity index (χ3n) is 3.02. The molecule has 7 heteroatoms. The van der Waals surface area contributed by atoms with Gasteiger partial charge in [-0.25, -0.2) is 4.72 Å². The fourth-order valence-corrected chi connectivity index (χ4v) is 2.64. The van der Waals surface area contributed by atoms with Gasteiger partial charge >= 0.3 is 0 Å². The molecule has 0 bridgehead atoms. The van der Waals surface area contributed by atoms with Gasteiger partial charge in [-0.1, -0.05) is 0 Å². The van der Waals surface area contributed by atoms with E-state index in [2.05, 4.69) is 10.0 Å². The molecule has 0 atom stereocenters. The Kier molecular flexibility index (Phi) is 7.86. The minimum absolute atomic E-state index is 0.424. The Hall–Kier alpha value is -0.210. The van der Waals surface area contributed by atoms with Gasteiger partial charge in [-0.2, -0.15) is 12.7 Å². The van der Waals surface area contributed by atoms with Crippen LogP contribution in [0.1, 0.15) is 32.6 Å². The second kappa shape index (κ2) is 8.86. The molecule has 0 amide bonds. The normalized spacial score (nSPS) is 16.2. The van der Waals surface area contributed by atoms with Crippen molar-refractivity contribution in [1.82, 2.24) is 14.3 Å². The second-order valence-corrected chi connectivity index (χ2v) is 6.72. The summed E-state index contributed by atoms with van der Waals surface area (Å²) < 4.78 is 32.8. The van der Waals surface area contributed by atoms with E-state index >= 15 is 0 Å². The third kappa shape index (κ3) is 7.84. The first kappa shape index (κ1) is 16.8. The molecule has 1 saturated carbocycles. The van der Waals surface area contributed by atoms with E-state index in [1.165, 1.54) is 17.1 Å². The lowest BCUT2D eigenvalue weighted by atomic mass is 10.4. The van der Waals surface area contributed by atoms with E-state index in [9.17, 15) is 8.42 Å². The summed E-state index contributed by atoms with van der Waals surface area (Å²) in [6.45, 7) is 5.03. The van der Waals surface area contributed by atoms with Crippen LogP contribution in [0.25, 0.3) is 0 Å². The van der Waals surface area contributed by atoms with Crippen molar-refractivity contribution >= 4 is 10.2 Å². The van der Waals surface area contributed by atoms with Crippen molar-refractivity contribution in [2.45, 2.75) is 38.6 Å². The Bertz CT molecular complexity index is 331. The van der Waals surface area contributed by atoms with E-state index in [1.54, 1.807) is 7.05 Å². The van der Waals surface area contributed by atoms with Gasteiger partial charge in [0.05, 0.1) is 0 Å². The zero-order valence-electron chi connectivity index (χ0n) is 12.0. The summed E-state index contributed by atoms with van der Waals surface area (Å²) in [5.41, 5.74) is 0. The zero-order chi connectivity index (χ0) is 14.1. The second-order valence-electron chi connectivity index (χ2n) is 4.85. The Morgan fingerprint density at radius 1 is 1.26 bits per heavy atom. The molecule has 0 aromatic rings. The molecule has 0 aromatic carbocycles. The summed E-state index contributed by atoms with van der Waals surface area (Å²) in [7, 11) is -1.72. The molecule has 6 nitrogen and oxygen atoms in total. The highest BCUT2D eigenvalue weighted by atomic mass is 32.2. The van der Waals surface area contributed by atoms with Crippen molar-refractivity contribution in [2.75, 3.05) is 39.9 Å². The van der Waals surface area contributed by atoms with Gasteiger partial charge in [0.1, 0.15) is 0 Å². The molecule has 114 valence electrons. The van der Waals surface area contributed by atoms with E-state index in [0.717, 1.165) is 13.0 Å². The predicted molar refractivity (Wildman–Crippen MR) is 76.3 cm³/mol. The van der Waals surface area contributed by atoms with Gasteiger partial charge in [0.25, 0.3) is 10.2 Å². The molecule has 0 aliphatic heterocycles. The molecule has 1 fully saturated rings. The highest BCUT2D eigenvalue weighted by Gasteiger charge is 2.20. The molecular weight excluding hydrogens is 266 g/mol. The molecule has 1 aliphatic rings. The van der Waals surface area contributed by atoms with E-state index in [1.807, 2.05) is 6.92 Å². The van der Waals surface area contributed by atoms with Crippen LogP contribution in [0.15, 0.2) is 0 Å². The van der Waals surface area contributed by atoms with Gasteiger partial charge < -0.3 is 10.1 Å². The number of nitrogens with one attached hydrogen (secondary N) is 2. The zero-order valence-corrected chi connectivity index (χ0v) is 12.8. The van der Waals surface area contributed by atoms with Crippen LogP contribution < -0.4 is 10.0 Å². The summed E-state index contributed by atoms with van der Waals surface area (Å²) in [5.74, 6) is 0. The first-order chi connectivity index (χ1) is 9.06. The van der Waals surface area contributed by atoms with E-state index < -0.39 is 10.2 Å². The molecule has 0 heterocycles. The monoisotopic (exact) mass is 293 g/mol. The van der Waals surface area contributed by atoms with Gasteiger partial charge in [0, 0.05) is 39.4 Å². The van der Waals surface area contributed by atoms with Gasteiger partial charge in [0.2, 0.25) is 0 Å². The van der Waals surface area contributed by atoms with Gasteiger partial charge in [-0.15, -0.1) is 0 Å². The van der Waals surface area contributed by atoms with E-state index in [0.29, 0.717) is 38.8 Å². The molecule has 1 rings (SSSR count). The maximum absolute atomic E-state index is 11.9. The number of nitrogens with zero attached hydrogens (tertiary/aromatic N) is 1. The summed E-state index contributed by atoms with van der Waals surface area (Å²) in [6, 6.07) is 0.679. The van der Waals surface area contributed by atoms with Crippen LogP contribution >= 0.6 is 0 Å². The summed E-state index contributed by atoms with van der Waals surface area (Å²) >= 11 is 0. The van der Waals surface area contributed by atoms with Gasteiger partial charge in [0.15, 0.2) is 0 Å². The van der Waals surface area contributed by atoms with Crippen LogP contribution in [-0.4, -0.2) is 58.7 Å². The minimum Gasteiger partial charge on any atom is -0.382 e. The number of hydrogen-bond acceptors (Lipinski definition) is 4. The Balaban J connectivity index is 2.07. The van der Waals surface area contributed by atoms with Crippen LogP contribution in [-0.2, 0) is 14.9 Å². The lowest BCUT2D eigenvalue weighted by molar-refractivity contribution is 0.146. The average molecular weight is 293 g/mol. The molecule has 2 N–H and O–H groups in total. The van der Waals surface area contributed by atoms with Crippen molar-refractivity contribution in [3.8, 4) is 0 Å². The first-order valence-corrected chi connectivity index (χ1v) is 8.52. The summed E-state index contributed by atoms with van der Waals surface area (Å²) in [5, 5.41) is 3.37. The van der Waals surface area contributed by atoms with Gasteiger partial charge in [-0.05, 0) is 39.2 Å². The predicted octanol–water partition coefficient (Wildman–Crippen LogP) is 0.321. The molecule has 0 radical (unpaired) electrons. The Morgan fingerprint density at radius 2 is 2.00 bits per heavy atom. The highest BCUT2D eigenvalue weighted by Crippen LogP contribution is 2.18. The Morgan fingerprint density at radius 3 is 2.63 bits per heavy atom. The van der Waals surface area contributed by atoms with E-state index in [-0.39, 0.29) is 0 Å². The van der Waals surface area contributed by atoms with Crippen molar-refractivity contribution in [2.24, 2.45) is 0 Å². The van der Waals surface area contributed by atoms with Crippen LogP contribution in [0.5, 0.6) is 0 Å². The number of hydrogen-bond donors (Lipinski definition) is 2. The number of ether oxygens (including phenoxy) is 1. The fraction of sp³-hybridized carbons (Fsp3) is 1.00. The summed E-state index contributed by atoms with van der Waals surface area (Å²) in [6.07, 6.45) is 4.06. The summed E-state index contributed by atoms with van der Waals surface area (Å²) in [4.78, 5) is 0. The quantitative estimate of drug-likeness (QED) is 0.509. The lowest BCUT2D eigenvalue weighted by Gasteiger charge is -2.17. The van der Waals surface area contributed by atoms with E-state index in [4.69, 9.17) is 4.74 Å². The topological polar surface area (TPSA) is 70.7 Å². The van der Waals surface area contributed by atoms with Crippen molar-refractivity contribution < 1.29 is 13.2 Å². The molecule has 0 unspecified atom stereocenters. The van der Waals surface area contributed by atoms with Crippen molar-refractivity contribution in [3.63, 3.8) is 0 Å². The highest BCUT2D eigenvalue weighted by molar-refractivity contribution is 7.87. The fourth-order valence-electron chi connectivity index (χ4n) is 1.65. The standard InChI is InChI=1S/C12H27N3O3S/c1-3-18-11-5-9-14-19(16,17)15(2)10-4-8-13-12-6-7-12/h12-14H,3-11H2,1-2H3. The van der Waals surface area contributed by atoms with Crippen LogP contribution in [0, 0.1) is 0 Å². The van der Waals surface area contributed by atoms with Crippen LogP contribution in [0.4, 0.5) is 0 Å². The largest absolute Gasteiger partial charge is 0.382 e. The number of rotatable bonds is 12. The third-order valence-corrected chi connectivity index (χ3v) is 4.60. The molecule has 0 aromatic heterocycles. The smallest absolute Gasteiger partial charge is 0.279 e. The van der Waals surface area contributed by atoms with Gasteiger partial charge in [-0.3, -0.25) is 0 Å². The molecule has 0 spiro atoms. The molecular formula is C12H27N3O3S. The van der Waals surface area contributed by atoms with Crippen LogP contribution in [0.3, 0.4) is 0 Å².